The van der Waals surface area contributed by atoms with Crippen molar-refractivity contribution >= 4 is 17.8 Å². The average molecular weight is 348 g/mol. The predicted molar refractivity (Wildman–Crippen MR) is 91.1 cm³/mol. The number of rotatable bonds is 6. The van der Waals surface area contributed by atoms with E-state index in [1.54, 1.807) is 29.2 Å². The smallest absolute Gasteiger partial charge is 0.331 e. The van der Waals surface area contributed by atoms with Crippen molar-refractivity contribution < 1.29 is 24.2 Å². The highest BCUT2D eigenvalue weighted by Gasteiger charge is 2.38. The van der Waals surface area contributed by atoms with E-state index in [9.17, 15) is 19.5 Å². The molecule has 2 atom stereocenters. The van der Waals surface area contributed by atoms with E-state index in [0.717, 1.165) is 0 Å². The Morgan fingerprint density at radius 2 is 2.00 bits per heavy atom. The lowest BCUT2D eigenvalue weighted by Gasteiger charge is -2.34. The molecule has 1 aliphatic rings. The minimum atomic E-state index is -1.49. The topological polar surface area (TPSA) is 95.9 Å². The summed E-state index contributed by atoms with van der Waals surface area (Å²) < 4.78 is 4.91. The number of benzene rings is 1. The average Bonchev–Trinajstić information content (AvgIpc) is 2.62. The molecule has 1 fully saturated rings. The standard InChI is InChI=1S/C18H24N2O5/c1-18(12-25-2,17(23)24)19-15(21)14-9-6-10-20(11-14)16(22)13-7-4-3-5-8-13/h3-5,7-8,14H,6,9-12H2,1-2H3,(H,19,21)(H,23,24). The molecule has 7 nitrogen and oxygen atoms in total. The van der Waals surface area contributed by atoms with Crippen LogP contribution in [0.2, 0.25) is 0 Å². The van der Waals surface area contributed by atoms with Crippen molar-refractivity contribution in [1.82, 2.24) is 10.2 Å². The molecule has 2 amide bonds. The summed E-state index contributed by atoms with van der Waals surface area (Å²) in [6.07, 6.45) is 1.32. The number of carboxylic acids is 1. The summed E-state index contributed by atoms with van der Waals surface area (Å²) in [5.41, 5.74) is -0.907. The van der Waals surface area contributed by atoms with Gasteiger partial charge in [0.15, 0.2) is 5.54 Å². The fraction of sp³-hybridized carbons (Fsp3) is 0.500. The third-order valence-corrected chi connectivity index (χ3v) is 4.40. The van der Waals surface area contributed by atoms with Crippen LogP contribution in [0.5, 0.6) is 0 Å². The van der Waals surface area contributed by atoms with Gasteiger partial charge in [0.25, 0.3) is 5.91 Å². The van der Waals surface area contributed by atoms with Gasteiger partial charge in [0, 0.05) is 25.8 Å². The van der Waals surface area contributed by atoms with E-state index in [2.05, 4.69) is 5.32 Å². The van der Waals surface area contributed by atoms with Gasteiger partial charge in [-0.05, 0) is 31.9 Å². The normalized spacial score (nSPS) is 19.8. The van der Waals surface area contributed by atoms with Crippen LogP contribution in [-0.4, -0.2) is 60.1 Å². The van der Waals surface area contributed by atoms with E-state index >= 15 is 0 Å². The molecule has 0 aromatic heterocycles. The lowest BCUT2D eigenvalue weighted by Crippen LogP contribution is -2.58. The molecule has 1 aromatic carbocycles. The summed E-state index contributed by atoms with van der Waals surface area (Å²) in [6.45, 7) is 2.15. The van der Waals surface area contributed by atoms with Crippen LogP contribution in [-0.2, 0) is 14.3 Å². The lowest BCUT2D eigenvalue weighted by molar-refractivity contribution is -0.150. The Balaban J connectivity index is 2.04. The van der Waals surface area contributed by atoms with Gasteiger partial charge in [0.05, 0.1) is 12.5 Å². The van der Waals surface area contributed by atoms with Crippen LogP contribution in [0.25, 0.3) is 0 Å². The molecular formula is C18H24N2O5. The van der Waals surface area contributed by atoms with Crippen LogP contribution >= 0.6 is 0 Å². The number of aliphatic carboxylic acids is 1. The van der Waals surface area contributed by atoms with Gasteiger partial charge in [-0.1, -0.05) is 18.2 Å². The molecule has 25 heavy (non-hydrogen) atoms. The number of piperidine rings is 1. The number of amides is 2. The van der Waals surface area contributed by atoms with Crippen LogP contribution < -0.4 is 5.32 Å². The third-order valence-electron chi connectivity index (χ3n) is 4.40. The van der Waals surface area contributed by atoms with Crippen LogP contribution in [0.3, 0.4) is 0 Å². The molecule has 1 saturated heterocycles. The molecule has 0 bridgehead atoms. The molecule has 2 N–H and O–H groups in total. The lowest BCUT2D eigenvalue weighted by atomic mass is 9.94. The van der Waals surface area contributed by atoms with Crippen LogP contribution in [0.4, 0.5) is 0 Å². The SMILES string of the molecule is COCC(C)(NC(=O)C1CCCN(C(=O)c2ccccc2)C1)C(=O)O. The van der Waals surface area contributed by atoms with Crippen molar-refractivity contribution in [1.29, 1.82) is 0 Å². The van der Waals surface area contributed by atoms with Gasteiger partial charge >= 0.3 is 5.97 Å². The van der Waals surface area contributed by atoms with Crippen molar-refractivity contribution in [3.8, 4) is 0 Å². The summed E-state index contributed by atoms with van der Waals surface area (Å²) in [6, 6.07) is 8.92. The number of hydrogen-bond acceptors (Lipinski definition) is 4. The molecule has 0 radical (unpaired) electrons. The van der Waals surface area contributed by atoms with Crippen LogP contribution in [0.15, 0.2) is 30.3 Å². The first kappa shape index (κ1) is 18.9. The molecule has 2 unspecified atom stereocenters. The Kier molecular flexibility index (Phi) is 6.14. The largest absolute Gasteiger partial charge is 0.479 e. The maximum Gasteiger partial charge on any atom is 0.331 e. The second-order valence-electron chi connectivity index (χ2n) is 6.52. The van der Waals surface area contributed by atoms with Gasteiger partial charge in [-0.3, -0.25) is 9.59 Å². The Labute approximate surface area is 147 Å². The number of hydrogen-bond donors (Lipinski definition) is 2. The van der Waals surface area contributed by atoms with E-state index in [0.29, 0.717) is 24.9 Å². The van der Waals surface area contributed by atoms with E-state index < -0.39 is 17.4 Å². The fourth-order valence-electron chi connectivity index (χ4n) is 2.95. The number of likely N-dealkylation sites (tertiary alicyclic amines) is 1. The highest BCUT2D eigenvalue weighted by molar-refractivity contribution is 5.95. The summed E-state index contributed by atoms with van der Waals surface area (Å²) in [4.78, 5) is 38.2. The second kappa shape index (κ2) is 8.11. The number of ether oxygens (including phenoxy) is 1. The minimum absolute atomic E-state index is 0.115. The number of nitrogens with zero attached hydrogens (tertiary/aromatic N) is 1. The molecule has 136 valence electrons. The number of carboxylic acid groups (broad SMARTS) is 1. The summed E-state index contributed by atoms with van der Waals surface area (Å²) in [5, 5.41) is 11.9. The predicted octanol–water partition coefficient (Wildman–Crippen LogP) is 1.14. The Hall–Kier alpha value is -2.41. The first-order chi connectivity index (χ1) is 11.9. The molecule has 2 rings (SSSR count). The van der Waals surface area contributed by atoms with E-state index in [-0.39, 0.29) is 25.0 Å². The Bertz CT molecular complexity index is 634. The zero-order valence-corrected chi connectivity index (χ0v) is 14.5. The number of carbonyl (C=O) groups is 3. The van der Waals surface area contributed by atoms with Gasteiger partial charge in [-0.15, -0.1) is 0 Å². The van der Waals surface area contributed by atoms with Gasteiger partial charge < -0.3 is 20.1 Å². The highest BCUT2D eigenvalue weighted by atomic mass is 16.5. The molecule has 1 aliphatic heterocycles. The maximum absolute atomic E-state index is 12.5. The van der Waals surface area contributed by atoms with Crippen molar-refractivity contribution in [2.24, 2.45) is 5.92 Å². The quantitative estimate of drug-likeness (QED) is 0.804. The Morgan fingerprint density at radius 1 is 1.32 bits per heavy atom. The monoisotopic (exact) mass is 348 g/mol. The molecule has 0 aliphatic carbocycles. The molecule has 1 aromatic rings. The number of nitrogens with one attached hydrogen (secondary N) is 1. The second-order valence-corrected chi connectivity index (χ2v) is 6.52. The summed E-state index contributed by atoms with van der Waals surface area (Å²) >= 11 is 0. The Morgan fingerprint density at radius 3 is 2.60 bits per heavy atom. The summed E-state index contributed by atoms with van der Waals surface area (Å²) in [5.74, 6) is -2.07. The molecular weight excluding hydrogens is 324 g/mol. The zero-order valence-electron chi connectivity index (χ0n) is 14.5. The van der Waals surface area contributed by atoms with Crippen molar-refractivity contribution in [3.63, 3.8) is 0 Å². The van der Waals surface area contributed by atoms with Gasteiger partial charge in [-0.2, -0.15) is 0 Å². The first-order valence-corrected chi connectivity index (χ1v) is 8.26. The number of carbonyl (C=O) groups excluding carboxylic acids is 2. The third kappa shape index (κ3) is 4.57. The minimum Gasteiger partial charge on any atom is -0.479 e. The van der Waals surface area contributed by atoms with Crippen molar-refractivity contribution in [3.05, 3.63) is 35.9 Å². The van der Waals surface area contributed by atoms with Crippen molar-refractivity contribution in [2.45, 2.75) is 25.3 Å². The zero-order chi connectivity index (χ0) is 18.4. The molecule has 0 saturated carbocycles. The van der Waals surface area contributed by atoms with Crippen LogP contribution in [0, 0.1) is 5.92 Å². The van der Waals surface area contributed by atoms with E-state index in [1.807, 2.05) is 6.07 Å². The number of methoxy groups -OCH3 is 1. The van der Waals surface area contributed by atoms with E-state index in [4.69, 9.17) is 4.74 Å². The summed E-state index contributed by atoms with van der Waals surface area (Å²) in [7, 11) is 1.38. The van der Waals surface area contributed by atoms with Crippen molar-refractivity contribution in [2.75, 3.05) is 26.8 Å². The molecule has 0 spiro atoms. The van der Waals surface area contributed by atoms with Gasteiger partial charge in [-0.25, -0.2) is 4.79 Å². The van der Waals surface area contributed by atoms with Crippen LogP contribution in [0.1, 0.15) is 30.1 Å². The molecule has 1 heterocycles. The fourth-order valence-corrected chi connectivity index (χ4v) is 2.95. The van der Waals surface area contributed by atoms with Gasteiger partial charge in [0.2, 0.25) is 5.91 Å². The van der Waals surface area contributed by atoms with Gasteiger partial charge in [0.1, 0.15) is 0 Å². The van der Waals surface area contributed by atoms with E-state index in [1.165, 1.54) is 14.0 Å². The maximum atomic E-state index is 12.5. The molecule has 7 heteroatoms. The first-order valence-electron chi connectivity index (χ1n) is 8.26. The highest BCUT2D eigenvalue weighted by Crippen LogP contribution is 2.20.